The minimum Gasteiger partial charge on any atom is -0.475 e. The smallest absolute Gasteiger partial charge is 0.226 e. The van der Waals surface area contributed by atoms with E-state index in [2.05, 4.69) is 15.3 Å². The van der Waals surface area contributed by atoms with Gasteiger partial charge in [-0.2, -0.15) is 4.98 Å². The van der Waals surface area contributed by atoms with E-state index in [4.69, 9.17) is 14.6 Å². The Hall–Kier alpha value is -1.40. The van der Waals surface area contributed by atoms with E-state index in [0.717, 1.165) is 0 Å². The lowest BCUT2D eigenvalue weighted by Gasteiger charge is -2.10. The van der Waals surface area contributed by atoms with Crippen LogP contribution in [0.2, 0.25) is 0 Å². The SMILES string of the molecule is CC(C)Oc1ccnc(NCCOCCO)n1. The van der Waals surface area contributed by atoms with E-state index in [1.165, 1.54) is 0 Å². The molecule has 0 unspecified atom stereocenters. The Morgan fingerprint density at radius 3 is 2.94 bits per heavy atom. The Labute approximate surface area is 101 Å². The molecule has 0 radical (unpaired) electrons. The van der Waals surface area contributed by atoms with Crippen molar-refractivity contribution < 1.29 is 14.6 Å². The third-order valence-electron chi connectivity index (χ3n) is 1.75. The molecule has 0 aromatic carbocycles. The Kier molecular flexibility index (Phi) is 6.27. The van der Waals surface area contributed by atoms with E-state index in [1.807, 2.05) is 13.8 Å². The van der Waals surface area contributed by atoms with Gasteiger partial charge in [0.1, 0.15) is 0 Å². The Balaban J connectivity index is 2.32. The largest absolute Gasteiger partial charge is 0.475 e. The van der Waals surface area contributed by atoms with Crippen molar-refractivity contribution in [3.63, 3.8) is 0 Å². The van der Waals surface area contributed by atoms with Crippen LogP contribution in [0.3, 0.4) is 0 Å². The van der Waals surface area contributed by atoms with Crippen LogP contribution in [0.4, 0.5) is 5.95 Å². The second-order valence-corrected chi connectivity index (χ2v) is 3.65. The van der Waals surface area contributed by atoms with Crippen LogP contribution in [-0.4, -0.2) is 47.5 Å². The Morgan fingerprint density at radius 1 is 1.41 bits per heavy atom. The van der Waals surface area contributed by atoms with Crippen LogP contribution < -0.4 is 10.1 Å². The zero-order chi connectivity index (χ0) is 12.5. The molecule has 0 atom stereocenters. The monoisotopic (exact) mass is 241 g/mol. The molecule has 1 heterocycles. The molecule has 0 saturated heterocycles. The van der Waals surface area contributed by atoms with Gasteiger partial charge in [-0.15, -0.1) is 0 Å². The van der Waals surface area contributed by atoms with Crippen molar-refractivity contribution in [3.8, 4) is 5.88 Å². The molecule has 17 heavy (non-hydrogen) atoms. The molecule has 6 nitrogen and oxygen atoms in total. The molecule has 0 aliphatic rings. The van der Waals surface area contributed by atoms with Crippen LogP contribution in [0.1, 0.15) is 13.8 Å². The maximum Gasteiger partial charge on any atom is 0.226 e. The summed E-state index contributed by atoms with van der Waals surface area (Å²) in [5.74, 6) is 1.06. The molecule has 6 heteroatoms. The van der Waals surface area contributed by atoms with Crippen LogP contribution in [0.25, 0.3) is 0 Å². The summed E-state index contributed by atoms with van der Waals surface area (Å²) in [4.78, 5) is 8.24. The lowest BCUT2D eigenvalue weighted by Crippen LogP contribution is -2.14. The second-order valence-electron chi connectivity index (χ2n) is 3.65. The average Bonchev–Trinajstić information content (AvgIpc) is 2.28. The fourth-order valence-electron chi connectivity index (χ4n) is 1.14. The molecular formula is C11H19N3O3. The third-order valence-corrected chi connectivity index (χ3v) is 1.75. The molecule has 0 amide bonds. The zero-order valence-corrected chi connectivity index (χ0v) is 10.2. The van der Waals surface area contributed by atoms with Crippen molar-refractivity contribution >= 4 is 5.95 Å². The summed E-state index contributed by atoms with van der Waals surface area (Å²) in [6, 6.07) is 1.72. The number of rotatable bonds is 8. The van der Waals surface area contributed by atoms with Gasteiger partial charge >= 0.3 is 0 Å². The number of aliphatic hydroxyl groups excluding tert-OH is 1. The summed E-state index contributed by atoms with van der Waals surface area (Å²) in [5.41, 5.74) is 0. The van der Waals surface area contributed by atoms with Gasteiger partial charge in [-0.3, -0.25) is 0 Å². The first-order chi connectivity index (χ1) is 8.22. The summed E-state index contributed by atoms with van der Waals surface area (Å²) >= 11 is 0. The van der Waals surface area contributed by atoms with E-state index in [1.54, 1.807) is 12.3 Å². The number of aliphatic hydroxyl groups is 1. The van der Waals surface area contributed by atoms with Gasteiger partial charge in [-0.1, -0.05) is 0 Å². The van der Waals surface area contributed by atoms with Gasteiger partial charge < -0.3 is 19.9 Å². The van der Waals surface area contributed by atoms with Crippen molar-refractivity contribution in [2.75, 3.05) is 31.7 Å². The minimum absolute atomic E-state index is 0.0359. The maximum atomic E-state index is 8.52. The standard InChI is InChI=1S/C11H19N3O3/c1-9(2)17-10-3-4-12-11(14-10)13-5-7-16-8-6-15/h3-4,9,15H,5-8H2,1-2H3,(H,12,13,14). The van der Waals surface area contributed by atoms with Gasteiger partial charge in [0.2, 0.25) is 11.8 Å². The number of hydrogen-bond donors (Lipinski definition) is 2. The third kappa shape index (κ3) is 6.03. The molecule has 96 valence electrons. The van der Waals surface area contributed by atoms with Gasteiger partial charge in [0.25, 0.3) is 0 Å². The number of ether oxygens (including phenoxy) is 2. The summed E-state index contributed by atoms with van der Waals surface area (Å²) in [6.45, 7) is 5.35. The number of aromatic nitrogens is 2. The molecule has 0 fully saturated rings. The van der Waals surface area contributed by atoms with Gasteiger partial charge in [0.15, 0.2) is 0 Å². The van der Waals surface area contributed by atoms with E-state index >= 15 is 0 Å². The van der Waals surface area contributed by atoms with Crippen molar-refractivity contribution in [2.45, 2.75) is 20.0 Å². The van der Waals surface area contributed by atoms with Crippen LogP contribution in [-0.2, 0) is 4.74 Å². The van der Waals surface area contributed by atoms with Crippen molar-refractivity contribution in [3.05, 3.63) is 12.3 Å². The highest BCUT2D eigenvalue weighted by Crippen LogP contribution is 2.09. The maximum absolute atomic E-state index is 8.52. The fraction of sp³-hybridized carbons (Fsp3) is 0.636. The topological polar surface area (TPSA) is 76.5 Å². The van der Waals surface area contributed by atoms with Crippen LogP contribution in [0.15, 0.2) is 12.3 Å². The predicted molar refractivity (Wildman–Crippen MR) is 64.2 cm³/mol. The van der Waals surface area contributed by atoms with Gasteiger partial charge in [0, 0.05) is 18.8 Å². The quantitative estimate of drug-likeness (QED) is 0.652. The lowest BCUT2D eigenvalue weighted by atomic mass is 10.5. The minimum atomic E-state index is 0.0359. The highest BCUT2D eigenvalue weighted by molar-refractivity contribution is 5.27. The van der Waals surface area contributed by atoms with E-state index in [9.17, 15) is 0 Å². The van der Waals surface area contributed by atoms with Gasteiger partial charge in [-0.25, -0.2) is 4.98 Å². The van der Waals surface area contributed by atoms with E-state index in [0.29, 0.717) is 31.6 Å². The molecule has 1 aromatic heterocycles. The first-order valence-electron chi connectivity index (χ1n) is 5.64. The molecular weight excluding hydrogens is 222 g/mol. The summed E-state index contributed by atoms with van der Waals surface area (Å²) in [5, 5.41) is 11.5. The Morgan fingerprint density at radius 2 is 2.24 bits per heavy atom. The Bertz CT molecular complexity index is 321. The number of anilines is 1. The molecule has 2 N–H and O–H groups in total. The van der Waals surface area contributed by atoms with Crippen molar-refractivity contribution in [1.29, 1.82) is 0 Å². The lowest BCUT2D eigenvalue weighted by molar-refractivity contribution is 0.0991. The van der Waals surface area contributed by atoms with Crippen LogP contribution in [0.5, 0.6) is 5.88 Å². The highest BCUT2D eigenvalue weighted by Gasteiger charge is 2.01. The molecule has 0 saturated carbocycles. The zero-order valence-electron chi connectivity index (χ0n) is 10.2. The highest BCUT2D eigenvalue weighted by atomic mass is 16.5. The first-order valence-corrected chi connectivity index (χ1v) is 5.64. The molecule has 1 rings (SSSR count). The summed E-state index contributed by atoms with van der Waals surface area (Å²) < 4.78 is 10.5. The van der Waals surface area contributed by atoms with Crippen LogP contribution >= 0.6 is 0 Å². The fourth-order valence-corrected chi connectivity index (χ4v) is 1.14. The molecule has 0 aliphatic heterocycles. The van der Waals surface area contributed by atoms with Gasteiger partial charge in [0.05, 0.1) is 25.9 Å². The van der Waals surface area contributed by atoms with E-state index in [-0.39, 0.29) is 12.7 Å². The van der Waals surface area contributed by atoms with Gasteiger partial charge in [-0.05, 0) is 13.8 Å². The first kappa shape index (κ1) is 13.7. The molecule has 0 aliphatic carbocycles. The van der Waals surface area contributed by atoms with E-state index < -0.39 is 0 Å². The average molecular weight is 241 g/mol. The molecule has 1 aromatic rings. The number of nitrogens with zero attached hydrogens (tertiary/aromatic N) is 2. The number of nitrogens with one attached hydrogen (secondary N) is 1. The normalized spacial score (nSPS) is 10.6. The summed E-state index contributed by atoms with van der Waals surface area (Å²) in [7, 11) is 0. The molecule has 0 spiro atoms. The van der Waals surface area contributed by atoms with Crippen molar-refractivity contribution in [2.24, 2.45) is 0 Å². The molecule has 0 bridgehead atoms. The number of hydrogen-bond acceptors (Lipinski definition) is 6. The predicted octanol–water partition coefficient (Wildman–Crippen LogP) is 0.685. The summed E-state index contributed by atoms with van der Waals surface area (Å²) in [6.07, 6.45) is 1.73. The second kappa shape index (κ2) is 7.81. The van der Waals surface area contributed by atoms with Crippen molar-refractivity contribution in [1.82, 2.24) is 9.97 Å². The van der Waals surface area contributed by atoms with Crippen LogP contribution in [0, 0.1) is 0 Å².